The molecule has 4 nitrogen and oxygen atoms in total. The molecule has 3 unspecified atom stereocenters. The monoisotopic (exact) mass is 254 g/mol. The molecule has 1 saturated heterocycles. The number of hydrogen-bond acceptors (Lipinski definition) is 3. The molecule has 2 fully saturated rings. The summed E-state index contributed by atoms with van der Waals surface area (Å²) in [7, 11) is 1.95. The second-order valence-electron chi connectivity index (χ2n) is 5.94. The summed E-state index contributed by atoms with van der Waals surface area (Å²) in [5.41, 5.74) is 6.09. The molecule has 0 aromatic rings. The van der Waals surface area contributed by atoms with Crippen LogP contribution in [0.2, 0.25) is 0 Å². The highest BCUT2D eigenvalue weighted by Crippen LogP contribution is 2.29. The van der Waals surface area contributed by atoms with Gasteiger partial charge in [-0.3, -0.25) is 4.79 Å². The van der Waals surface area contributed by atoms with Crippen molar-refractivity contribution in [2.75, 3.05) is 20.3 Å². The van der Waals surface area contributed by atoms with E-state index in [4.69, 9.17) is 10.5 Å². The molecule has 1 amide bonds. The number of nitrogens with two attached hydrogens (primary N) is 1. The van der Waals surface area contributed by atoms with Gasteiger partial charge in [0.2, 0.25) is 5.91 Å². The number of amides is 1. The summed E-state index contributed by atoms with van der Waals surface area (Å²) < 4.78 is 5.35. The van der Waals surface area contributed by atoms with Gasteiger partial charge in [-0.1, -0.05) is 6.92 Å². The Morgan fingerprint density at radius 2 is 1.89 bits per heavy atom. The Morgan fingerprint density at radius 1 is 1.22 bits per heavy atom. The van der Waals surface area contributed by atoms with Crippen LogP contribution >= 0.6 is 0 Å². The molecule has 2 rings (SSSR count). The van der Waals surface area contributed by atoms with Crippen molar-refractivity contribution >= 4 is 5.91 Å². The Balaban J connectivity index is 1.89. The van der Waals surface area contributed by atoms with Crippen molar-refractivity contribution in [3.63, 3.8) is 0 Å². The Bertz CT molecular complexity index is 286. The molecule has 18 heavy (non-hydrogen) atoms. The normalized spacial score (nSPS) is 34.3. The van der Waals surface area contributed by atoms with Crippen LogP contribution in [0.5, 0.6) is 0 Å². The van der Waals surface area contributed by atoms with Gasteiger partial charge in [-0.15, -0.1) is 0 Å². The van der Waals surface area contributed by atoms with Gasteiger partial charge in [0.15, 0.2) is 0 Å². The van der Waals surface area contributed by atoms with E-state index in [1.54, 1.807) is 0 Å². The Kier molecular flexibility index (Phi) is 4.62. The van der Waals surface area contributed by atoms with Crippen molar-refractivity contribution in [3.8, 4) is 0 Å². The van der Waals surface area contributed by atoms with E-state index in [0.29, 0.717) is 17.9 Å². The van der Waals surface area contributed by atoms with Gasteiger partial charge in [0.05, 0.1) is 0 Å². The highest BCUT2D eigenvalue weighted by atomic mass is 16.5. The number of rotatable bonds is 2. The summed E-state index contributed by atoms with van der Waals surface area (Å²) in [4.78, 5) is 14.4. The quantitative estimate of drug-likeness (QED) is 0.810. The second-order valence-corrected chi connectivity index (χ2v) is 5.94. The van der Waals surface area contributed by atoms with Crippen molar-refractivity contribution in [1.82, 2.24) is 4.90 Å². The SMILES string of the molecule is CC1CCC(C(=O)N(C)C2CCOCC2)CC1N. The summed E-state index contributed by atoms with van der Waals surface area (Å²) in [6.07, 6.45) is 4.88. The standard InChI is InChI=1S/C14H26N2O2/c1-10-3-4-11(9-13(10)15)14(17)16(2)12-5-7-18-8-6-12/h10-13H,3-9,15H2,1-2H3. The van der Waals surface area contributed by atoms with Crippen molar-refractivity contribution in [3.05, 3.63) is 0 Å². The maximum absolute atomic E-state index is 12.5. The topological polar surface area (TPSA) is 55.6 Å². The van der Waals surface area contributed by atoms with Crippen LogP contribution in [-0.4, -0.2) is 43.2 Å². The maximum Gasteiger partial charge on any atom is 0.225 e. The molecule has 1 aliphatic heterocycles. The molecule has 4 heteroatoms. The zero-order valence-electron chi connectivity index (χ0n) is 11.6. The first-order valence-corrected chi connectivity index (χ1v) is 7.19. The molecule has 0 bridgehead atoms. The van der Waals surface area contributed by atoms with E-state index in [2.05, 4.69) is 6.92 Å². The third kappa shape index (κ3) is 3.04. The minimum absolute atomic E-state index is 0.143. The molecule has 0 aromatic heterocycles. The molecule has 2 N–H and O–H groups in total. The van der Waals surface area contributed by atoms with Gasteiger partial charge in [0.1, 0.15) is 0 Å². The average Bonchev–Trinajstić information content (AvgIpc) is 2.41. The molecule has 2 aliphatic rings. The number of ether oxygens (including phenoxy) is 1. The highest BCUT2D eigenvalue weighted by molar-refractivity contribution is 5.79. The molecule has 0 spiro atoms. The zero-order chi connectivity index (χ0) is 13.1. The van der Waals surface area contributed by atoms with Crippen LogP contribution < -0.4 is 5.73 Å². The van der Waals surface area contributed by atoms with E-state index in [1.165, 1.54) is 0 Å². The first-order valence-electron chi connectivity index (χ1n) is 7.19. The van der Waals surface area contributed by atoms with Gasteiger partial charge < -0.3 is 15.4 Å². The van der Waals surface area contributed by atoms with Crippen molar-refractivity contribution in [1.29, 1.82) is 0 Å². The summed E-state index contributed by atoms with van der Waals surface area (Å²) in [6, 6.07) is 0.553. The van der Waals surface area contributed by atoms with E-state index in [9.17, 15) is 4.79 Å². The van der Waals surface area contributed by atoms with E-state index in [1.807, 2.05) is 11.9 Å². The Labute approximate surface area is 110 Å². The fraction of sp³-hybridized carbons (Fsp3) is 0.929. The number of hydrogen-bond donors (Lipinski definition) is 1. The van der Waals surface area contributed by atoms with Gasteiger partial charge >= 0.3 is 0 Å². The van der Waals surface area contributed by atoms with Gasteiger partial charge in [-0.2, -0.15) is 0 Å². The molecule has 1 heterocycles. The Morgan fingerprint density at radius 3 is 2.50 bits per heavy atom. The third-order valence-electron chi connectivity index (χ3n) is 4.69. The molecular weight excluding hydrogens is 228 g/mol. The van der Waals surface area contributed by atoms with Crippen LogP contribution in [0.25, 0.3) is 0 Å². The first-order chi connectivity index (χ1) is 8.59. The lowest BCUT2D eigenvalue weighted by atomic mass is 9.79. The van der Waals surface area contributed by atoms with E-state index in [-0.39, 0.29) is 12.0 Å². The minimum Gasteiger partial charge on any atom is -0.381 e. The van der Waals surface area contributed by atoms with Crippen LogP contribution in [0.4, 0.5) is 0 Å². The highest BCUT2D eigenvalue weighted by Gasteiger charge is 2.33. The van der Waals surface area contributed by atoms with Crippen LogP contribution in [0.3, 0.4) is 0 Å². The number of nitrogens with zero attached hydrogens (tertiary/aromatic N) is 1. The molecule has 1 saturated carbocycles. The third-order valence-corrected chi connectivity index (χ3v) is 4.69. The van der Waals surface area contributed by atoms with Crippen LogP contribution in [0, 0.1) is 11.8 Å². The Hall–Kier alpha value is -0.610. The number of carbonyl (C=O) groups is 1. The van der Waals surface area contributed by atoms with Crippen LogP contribution in [-0.2, 0) is 9.53 Å². The van der Waals surface area contributed by atoms with E-state index < -0.39 is 0 Å². The van der Waals surface area contributed by atoms with Crippen LogP contribution in [0.1, 0.15) is 39.0 Å². The summed E-state index contributed by atoms with van der Waals surface area (Å²) in [6.45, 7) is 3.75. The molecule has 1 aliphatic carbocycles. The predicted octanol–water partition coefficient (Wildman–Crippen LogP) is 1.39. The molecule has 3 atom stereocenters. The second kappa shape index (κ2) is 6.02. The molecule has 0 radical (unpaired) electrons. The average molecular weight is 254 g/mol. The van der Waals surface area contributed by atoms with Gasteiger partial charge in [0, 0.05) is 38.3 Å². The van der Waals surface area contributed by atoms with Gasteiger partial charge in [0.25, 0.3) is 0 Å². The lowest BCUT2D eigenvalue weighted by Gasteiger charge is -2.37. The first kappa shape index (κ1) is 13.8. The van der Waals surface area contributed by atoms with Gasteiger partial charge in [-0.25, -0.2) is 0 Å². The molecule has 104 valence electrons. The summed E-state index contributed by atoms with van der Waals surface area (Å²) >= 11 is 0. The fourth-order valence-electron chi connectivity index (χ4n) is 3.12. The lowest BCUT2D eigenvalue weighted by molar-refractivity contribution is -0.139. The largest absolute Gasteiger partial charge is 0.381 e. The smallest absolute Gasteiger partial charge is 0.225 e. The predicted molar refractivity (Wildman–Crippen MR) is 71.1 cm³/mol. The lowest BCUT2D eigenvalue weighted by Crippen LogP contribution is -2.46. The summed E-state index contributed by atoms with van der Waals surface area (Å²) in [5, 5.41) is 0. The minimum atomic E-state index is 0.143. The molecule has 0 aromatic carbocycles. The van der Waals surface area contributed by atoms with Crippen LogP contribution in [0.15, 0.2) is 0 Å². The van der Waals surface area contributed by atoms with Crippen molar-refractivity contribution in [2.24, 2.45) is 17.6 Å². The molecular formula is C14H26N2O2. The van der Waals surface area contributed by atoms with E-state index >= 15 is 0 Å². The van der Waals surface area contributed by atoms with Crippen molar-refractivity contribution < 1.29 is 9.53 Å². The summed E-state index contributed by atoms with van der Waals surface area (Å²) in [5.74, 6) is 0.996. The number of carbonyl (C=O) groups excluding carboxylic acids is 1. The maximum atomic E-state index is 12.5. The fourth-order valence-corrected chi connectivity index (χ4v) is 3.12. The van der Waals surface area contributed by atoms with Crippen molar-refractivity contribution in [2.45, 2.75) is 51.1 Å². The zero-order valence-corrected chi connectivity index (χ0v) is 11.6. The van der Waals surface area contributed by atoms with Gasteiger partial charge in [-0.05, 0) is 38.0 Å². The van der Waals surface area contributed by atoms with E-state index in [0.717, 1.165) is 45.3 Å².